The number of urea groups is 1. The summed E-state index contributed by atoms with van der Waals surface area (Å²) in [7, 11) is 0. The molecule has 2 unspecified atom stereocenters. The average Bonchev–Trinajstić information content (AvgIpc) is 3.14. The van der Waals surface area contributed by atoms with Crippen molar-refractivity contribution in [2.75, 3.05) is 13.1 Å². The number of aliphatic carboxylic acids is 1. The number of hydrogen-bond acceptors (Lipinski definition) is 3. The van der Waals surface area contributed by atoms with Crippen LogP contribution in [0.5, 0.6) is 0 Å². The molecule has 3 rings (SSSR count). The van der Waals surface area contributed by atoms with Crippen LogP contribution in [-0.2, 0) is 11.2 Å². The summed E-state index contributed by atoms with van der Waals surface area (Å²) in [6.45, 7) is 2.75. The Labute approximate surface area is 152 Å². The molecular weight excluding hydrogens is 330 g/mol. The molecule has 0 saturated carbocycles. The standard InChI is InChI=1S/C20H23N3O3/c1-14-5-7-15(8-6-14)12-18(17-4-2-3-10-21-17)22-20(26)23-11-9-16(13-23)19(24)25/h2-8,10,16,18H,9,11-13H2,1H3,(H,22,26)(H,24,25). The largest absolute Gasteiger partial charge is 0.481 e. The van der Waals surface area contributed by atoms with Gasteiger partial charge in [0.25, 0.3) is 0 Å². The number of pyridine rings is 1. The van der Waals surface area contributed by atoms with Gasteiger partial charge in [-0.05, 0) is 37.5 Å². The number of carboxylic acid groups (broad SMARTS) is 1. The SMILES string of the molecule is Cc1ccc(CC(NC(=O)N2CCC(C(=O)O)C2)c2ccccn2)cc1. The van der Waals surface area contributed by atoms with Crippen molar-refractivity contribution in [3.8, 4) is 0 Å². The van der Waals surface area contributed by atoms with Crippen LogP contribution in [0.25, 0.3) is 0 Å². The summed E-state index contributed by atoms with van der Waals surface area (Å²) in [5, 5.41) is 12.2. The fraction of sp³-hybridized carbons (Fsp3) is 0.350. The van der Waals surface area contributed by atoms with Crippen molar-refractivity contribution in [3.63, 3.8) is 0 Å². The van der Waals surface area contributed by atoms with Crippen molar-refractivity contribution in [3.05, 3.63) is 65.5 Å². The van der Waals surface area contributed by atoms with E-state index in [0.29, 0.717) is 19.4 Å². The van der Waals surface area contributed by atoms with Crippen LogP contribution >= 0.6 is 0 Å². The van der Waals surface area contributed by atoms with Gasteiger partial charge in [0.1, 0.15) is 0 Å². The van der Waals surface area contributed by atoms with Crippen LogP contribution in [0.4, 0.5) is 4.79 Å². The molecule has 0 spiro atoms. The summed E-state index contributed by atoms with van der Waals surface area (Å²) >= 11 is 0. The molecule has 1 aliphatic heterocycles. The van der Waals surface area contributed by atoms with Gasteiger partial charge in [0.05, 0.1) is 17.7 Å². The third-order valence-electron chi connectivity index (χ3n) is 4.73. The number of likely N-dealkylation sites (tertiary alicyclic amines) is 1. The minimum Gasteiger partial charge on any atom is -0.481 e. The quantitative estimate of drug-likeness (QED) is 0.866. The number of amides is 2. The van der Waals surface area contributed by atoms with Crippen molar-refractivity contribution < 1.29 is 14.7 Å². The normalized spacial score (nSPS) is 17.7. The summed E-state index contributed by atoms with van der Waals surface area (Å²) in [6.07, 6.45) is 2.83. The molecule has 2 atom stereocenters. The number of nitrogens with one attached hydrogen (secondary N) is 1. The molecule has 0 aliphatic carbocycles. The number of rotatable bonds is 5. The van der Waals surface area contributed by atoms with Gasteiger partial charge in [0.15, 0.2) is 0 Å². The Kier molecular flexibility index (Phi) is 5.51. The topological polar surface area (TPSA) is 82.5 Å². The van der Waals surface area contributed by atoms with Gasteiger partial charge in [-0.3, -0.25) is 9.78 Å². The Morgan fingerprint density at radius 3 is 2.65 bits per heavy atom. The highest BCUT2D eigenvalue weighted by molar-refractivity contribution is 5.77. The lowest BCUT2D eigenvalue weighted by atomic mass is 10.0. The first-order chi connectivity index (χ1) is 12.5. The lowest BCUT2D eigenvalue weighted by molar-refractivity contribution is -0.141. The average molecular weight is 353 g/mol. The maximum absolute atomic E-state index is 12.6. The van der Waals surface area contributed by atoms with Gasteiger partial charge in [-0.15, -0.1) is 0 Å². The van der Waals surface area contributed by atoms with E-state index in [2.05, 4.69) is 10.3 Å². The van der Waals surface area contributed by atoms with Crippen LogP contribution in [-0.4, -0.2) is 40.1 Å². The first-order valence-corrected chi connectivity index (χ1v) is 8.77. The lowest BCUT2D eigenvalue weighted by Gasteiger charge is -2.23. The van der Waals surface area contributed by atoms with E-state index < -0.39 is 11.9 Å². The number of carbonyl (C=O) groups is 2. The summed E-state index contributed by atoms with van der Waals surface area (Å²) in [5.41, 5.74) is 3.08. The van der Waals surface area contributed by atoms with Crippen molar-refractivity contribution in [1.29, 1.82) is 0 Å². The lowest BCUT2D eigenvalue weighted by Crippen LogP contribution is -2.41. The number of aromatic nitrogens is 1. The molecule has 6 heteroatoms. The number of hydrogen-bond donors (Lipinski definition) is 2. The van der Waals surface area contributed by atoms with E-state index in [4.69, 9.17) is 5.11 Å². The summed E-state index contributed by atoms with van der Waals surface area (Å²) < 4.78 is 0. The predicted octanol–water partition coefficient (Wildman–Crippen LogP) is 2.79. The van der Waals surface area contributed by atoms with E-state index in [-0.39, 0.29) is 18.6 Å². The Morgan fingerprint density at radius 2 is 2.04 bits per heavy atom. The number of aryl methyl sites for hydroxylation is 1. The second-order valence-corrected chi connectivity index (χ2v) is 6.72. The Morgan fingerprint density at radius 1 is 1.27 bits per heavy atom. The molecule has 1 aromatic heterocycles. The maximum Gasteiger partial charge on any atom is 0.317 e. The number of benzene rings is 1. The zero-order valence-corrected chi connectivity index (χ0v) is 14.8. The van der Waals surface area contributed by atoms with Crippen LogP contribution in [0.15, 0.2) is 48.7 Å². The number of nitrogens with zero attached hydrogens (tertiary/aromatic N) is 2. The van der Waals surface area contributed by atoms with E-state index >= 15 is 0 Å². The van der Waals surface area contributed by atoms with Crippen LogP contribution in [0, 0.1) is 12.8 Å². The van der Waals surface area contributed by atoms with E-state index in [1.807, 2.05) is 49.4 Å². The molecule has 0 radical (unpaired) electrons. The zero-order valence-electron chi connectivity index (χ0n) is 14.8. The van der Waals surface area contributed by atoms with Crippen LogP contribution in [0.3, 0.4) is 0 Å². The molecule has 2 aromatic rings. The van der Waals surface area contributed by atoms with Gasteiger partial charge >= 0.3 is 12.0 Å². The molecule has 1 fully saturated rings. The predicted molar refractivity (Wildman–Crippen MR) is 97.7 cm³/mol. The highest BCUT2D eigenvalue weighted by Crippen LogP contribution is 2.20. The summed E-state index contributed by atoms with van der Waals surface area (Å²) in [6, 6.07) is 13.3. The molecule has 1 aromatic carbocycles. The molecule has 2 heterocycles. The third kappa shape index (κ3) is 4.39. The van der Waals surface area contributed by atoms with E-state index in [0.717, 1.165) is 11.3 Å². The Balaban J connectivity index is 1.72. The molecule has 1 aliphatic rings. The van der Waals surface area contributed by atoms with E-state index in [1.165, 1.54) is 5.56 Å². The van der Waals surface area contributed by atoms with Gasteiger partial charge in [-0.2, -0.15) is 0 Å². The van der Waals surface area contributed by atoms with Gasteiger partial charge in [-0.25, -0.2) is 4.79 Å². The molecule has 136 valence electrons. The Hall–Kier alpha value is -2.89. The zero-order chi connectivity index (χ0) is 18.5. The van der Waals surface area contributed by atoms with Crippen LogP contribution < -0.4 is 5.32 Å². The van der Waals surface area contributed by atoms with E-state index in [1.54, 1.807) is 11.1 Å². The molecule has 1 saturated heterocycles. The first kappa shape index (κ1) is 17.9. The second kappa shape index (κ2) is 7.99. The number of carboxylic acids is 1. The fourth-order valence-electron chi connectivity index (χ4n) is 3.16. The minimum absolute atomic E-state index is 0.239. The molecule has 26 heavy (non-hydrogen) atoms. The highest BCUT2D eigenvalue weighted by Gasteiger charge is 2.31. The van der Waals surface area contributed by atoms with Crippen molar-refractivity contribution in [1.82, 2.24) is 15.2 Å². The summed E-state index contributed by atoms with van der Waals surface area (Å²) in [4.78, 5) is 29.7. The second-order valence-electron chi connectivity index (χ2n) is 6.72. The smallest absolute Gasteiger partial charge is 0.317 e. The molecule has 0 bridgehead atoms. The van der Waals surface area contributed by atoms with Crippen LogP contribution in [0.2, 0.25) is 0 Å². The molecule has 2 amide bonds. The minimum atomic E-state index is -0.846. The van der Waals surface area contributed by atoms with E-state index in [9.17, 15) is 9.59 Å². The maximum atomic E-state index is 12.6. The monoisotopic (exact) mass is 353 g/mol. The summed E-state index contributed by atoms with van der Waals surface area (Å²) in [5.74, 6) is -1.33. The van der Waals surface area contributed by atoms with Gasteiger partial charge < -0.3 is 15.3 Å². The highest BCUT2D eigenvalue weighted by atomic mass is 16.4. The molecule has 6 nitrogen and oxygen atoms in total. The van der Waals surface area contributed by atoms with Crippen molar-refractivity contribution in [2.24, 2.45) is 5.92 Å². The fourth-order valence-corrected chi connectivity index (χ4v) is 3.16. The Bertz CT molecular complexity index is 762. The van der Waals surface area contributed by atoms with Gasteiger partial charge in [0, 0.05) is 19.3 Å². The van der Waals surface area contributed by atoms with Gasteiger partial charge in [0.2, 0.25) is 0 Å². The van der Waals surface area contributed by atoms with Gasteiger partial charge in [-0.1, -0.05) is 35.9 Å². The first-order valence-electron chi connectivity index (χ1n) is 8.77. The molecular formula is C20H23N3O3. The number of carbonyl (C=O) groups excluding carboxylic acids is 1. The van der Waals surface area contributed by atoms with Crippen molar-refractivity contribution >= 4 is 12.0 Å². The third-order valence-corrected chi connectivity index (χ3v) is 4.73. The van der Waals surface area contributed by atoms with Crippen molar-refractivity contribution in [2.45, 2.75) is 25.8 Å². The van der Waals surface area contributed by atoms with Crippen LogP contribution in [0.1, 0.15) is 29.3 Å². The molecule has 2 N–H and O–H groups in total.